The van der Waals surface area contributed by atoms with Crippen LogP contribution in [0.5, 0.6) is 17.2 Å². The number of benzene rings is 1. The maximum Gasteiger partial charge on any atom is 0.225 e. The van der Waals surface area contributed by atoms with E-state index in [1.54, 1.807) is 0 Å². The summed E-state index contributed by atoms with van der Waals surface area (Å²) in [6.45, 7) is 9.21. The number of rotatable bonds is 11. The molecule has 188 valence electrons. The highest BCUT2D eigenvalue weighted by Crippen LogP contribution is 2.39. The quantitative estimate of drug-likeness (QED) is 0.425. The Morgan fingerprint density at radius 1 is 1.03 bits per heavy atom. The summed E-state index contributed by atoms with van der Waals surface area (Å²) in [4.78, 5) is 15.2. The normalized spacial score (nSPS) is 15.6. The second-order valence-electron chi connectivity index (χ2n) is 8.18. The fraction of sp³-hybridized carbons (Fsp3) is 0.480. The van der Waals surface area contributed by atoms with Gasteiger partial charge < -0.3 is 24.4 Å². The van der Waals surface area contributed by atoms with E-state index in [0.717, 1.165) is 35.2 Å². The molecule has 0 spiro atoms. The van der Waals surface area contributed by atoms with Crippen LogP contribution in [-0.4, -0.2) is 53.6 Å². The minimum atomic E-state index is -0.108. The van der Waals surface area contributed by atoms with Crippen molar-refractivity contribution in [3.63, 3.8) is 0 Å². The predicted octanol–water partition coefficient (Wildman–Crippen LogP) is 4.06. The highest BCUT2D eigenvalue weighted by Gasteiger charge is 2.28. The van der Waals surface area contributed by atoms with Gasteiger partial charge in [-0.2, -0.15) is 0 Å². The molecule has 0 saturated carbocycles. The van der Waals surface area contributed by atoms with Gasteiger partial charge in [0, 0.05) is 32.0 Å². The molecule has 1 fully saturated rings. The van der Waals surface area contributed by atoms with Gasteiger partial charge in [0.1, 0.15) is 0 Å². The number of carbonyl (C=O) groups excluding carboxylic acids is 1. The van der Waals surface area contributed by atoms with E-state index in [-0.39, 0.29) is 11.8 Å². The number of aromatic nitrogens is 3. The summed E-state index contributed by atoms with van der Waals surface area (Å²) < 4.78 is 19.3. The molecule has 10 heteroatoms. The summed E-state index contributed by atoms with van der Waals surface area (Å²) >= 11 is 1.53. The first kappa shape index (κ1) is 24.8. The maximum absolute atomic E-state index is 13.1. The fourth-order valence-electron chi connectivity index (χ4n) is 4.15. The zero-order valence-electron chi connectivity index (χ0n) is 20.5. The van der Waals surface area contributed by atoms with E-state index in [1.165, 1.54) is 11.3 Å². The highest BCUT2D eigenvalue weighted by atomic mass is 32.1. The smallest absolute Gasteiger partial charge is 0.225 e. The van der Waals surface area contributed by atoms with Gasteiger partial charge in [-0.3, -0.25) is 9.36 Å². The van der Waals surface area contributed by atoms with Crippen LogP contribution in [0.3, 0.4) is 0 Å². The number of hydrogen-bond donors (Lipinski definition) is 1. The molecular weight excluding hydrogens is 466 g/mol. The Labute approximate surface area is 210 Å². The molecule has 3 heterocycles. The maximum atomic E-state index is 13.1. The number of amides is 1. The molecule has 35 heavy (non-hydrogen) atoms. The first-order chi connectivity index (χ1) is 17.1. The Balaban J connectivity index is 1.40. The first-order valence-electron chi connectivity index (χ1n) is 12.2. The van der Waals surface area contributed by atoms with Gasteiger partial charge in [0.05, 0.1) is 25.7 Å². The Hall–Kier alpha value is -3.27. The number of nitrogens with zero attached hydrogens (tertiary/aromatic N) is 4. The van der Waals surface area contributed by atoms with Crippen molar-refractivity contribution < 1.29 is 19.0 Å². The standard InChI is InChI=1S/C25H33N5O4S/c1-4-32-20-14-18(15-21(33-5-2)22(20)34-6-3)16-26-23(31)19-10-9-13-30(17-19)25-28-27-24(35-25)29-11-7-8-12-29/h7-8,11-12,14-15,19H,4-6,9-10,13,16-17H2,1-3H3,(H,26,31). The summed E-state index contributed by atoms with van der Waals surface area (Å²) in [7, 11) is 0. The van der Waals surface area contributed by atoms with Gasteiger partial charge in [0.15, 0.2) is 11.5 Å². The van der Waals surface area contributed by atoms with Gasteiger partial charge in [0.2, 0.25) is 21.9 Å². The molecule has 1 amide bonds. The van der Waals surface area contributed by atoms with Crippen LogP contribution in [0.15, 0.2) is 36.7 Å². The molecule has 0 radical (unpaired) electrons. The van der Waals surface area contributed by atoms with Crippen LogP contribution in [0, 0.1) is 5.92 Å². The van der Waals surface area contributed by atoms with Gasteiger partial charge in [-0.1, -0.05) is 11.3 Å². The van der Waals surface area contributed by atoms with Crippen molar-refractivity contribution >= 4 is 22.4 Å². The Kier molecular flexibility index (Phi) is 8.46. The van der Waals surface area contributed by atoms with Crippen molar-refractivity contribution in [2.75, 3.05) is 37.8 Å². The molecule has 1 unspecified atom stereocenters. The summed E-state index contributed by atoms with van der Waals surface area (Å²) in [6.07, 6.45) is 5.68. The average Bonchev–Trinajstić information content (AvgIpc) is 3.57. The third-order valence-corrected chi connectivity index (χ3v) is 6.72. The molecule has 1 atom stereocenters. The lowest BCUT2D eigenvalue weighted by Gasteiger charge is -2.31. The van der Waals surface area contributed by atoms with E-state index >= 15 is 0 Å². The lowest BCUT2D eigenvalue weighted by molar-refractivity contribution is -0.125. The van der Waals surface area contributed by atoms with Gasteiger partial charge in [-0.25, -0.2) is 0 Å². The first-order valence-corrected chi connectivity index (χ1v) is 13.0. The molecule has 3 aromatic rings. The molecule has 4 rings (SSSR count). The molecule has 1 aliphatic heterocycles. The van der Waals surface area contributed by atoms with Crippen LogP contribution in [-0.2, 0) is 11.3 Å². The summed E-state index contributed by atoms with van der Waals surface area (Å²) in [5, 5.41) is 13.4. The van der Waals surface area contributed by atoms with Gasteiger partial charge in [-0.15, -0.1) is 10.2 Å². The van der Waals surface area contributed by atoms with E-state index in [0.29, 0.717) is 50.2 Å². The SMILES string of the molecule is CCOc1cc(CNC(=O)C2CCCN(c3nnc(-n4cccc4)s3)C2)cc(OCC)c1OCC. The molecular formula is C25H33N5O4S. The van der Waals surface area contributed by atoms with Crippen LogP contribution in [0.1, 0.15) is 39.2 Å². The van der Waals surface area contributed by atoms with Crippen molar-refractivity contribution in [2.24, 2.45) is 5.92 Å². The van der Waals surface area contributed by atoms with Crippen molar-refractivity contribution in [2.45, 2.75) is 40.2 Å². The monoisotopic (exact) mass is 499 g/mol. The van der Waals surface area contributed by atoms with Crippen LogP contribution < -0.4 is 24.4 Å². The van der Waals surface area contributed by atoms with Crippen LogP contribution in [0.25, 0.3) is 5.13 Å². The molecule has 0 bridgehead atoms. The van der Waals surface area contributed by atoms with Crippen molar-refractivity contribution in [1.29, 1.82) is 0 Å². The summed E-state index contributed by atoms with van der Waals surface area (Å²) in [5.74, 6) is 1.79. The number of ether oxygens (including phenoxy) is 3. The summed E-state index contributed by atoms with van der Waals surface area (Å²) in [5.41, 5.74) is 0.904. The molecule has 0 aliphatic carbocycles. The molecule has 1 N–H and O–H groups in total. The fourth-order valence-corrected chi connectivity index (χ4v) is 4.99. The van der Waals surface area contributed by atoms with Crippen LogP contribution in [0.4, 0.5) is 5.13 Å². The molecule has 9 nitrogen and oxygen atoms in total. The molecule has 2 aromatic heterocycles. The number of piperidine rings is 1. The highest BCUT2D eigenvalue weighted by molar-refractivity contribution is 7.17. The van der Waals surface area contributed by atoms with Gasteiger partial charge in [-0.05, 0) is 63.4 Å². The predicted molar refractivity (Wildman–Crippen MR) is 136 cm³/mol. The third kappa shape index (κ3) is 6.05. The lowest BCUT2D eigenvalue weighted by Crippen LogP contribution is -2.43. The van der Waals surface area contributed by atoms with Crippen molar-refractivity contribution in [3.8, 4) is 22.4 Å². The van der Waals surface area contributed by atoms with Crippen LogP contribution >= 0.6 is 11.3 Å². The Bertz CT molecular complexity index is 1070. The van der Waals surface area contributed by atoms with E-state index in [2.05, 4.69) is 20.4 Å². The minimum Gasteiger partial charge on any atom is -0.490 e. The molecule has 1 saturated heterocycles. The number of anilines is 1. The van der Waals surface area contributed by atoms with E-state index in [4.69, 9.17) is 14.2 Å². The number of hydrogen-bond acceptors (Lipinski definition) is 8. The minimum absolute atomic E-state index is 0.0367. The topological polar surface area (TPSA) is 90.7 Å². The average molecular weight is 500 g/mol. The largest absolute Gasteiger partial charge is 0.490 e. The number of nitrogens with one attached hydrogen (secondary N) is 1. The molecule has 1 aromatic carbocycles. The lowest BCUT2D eigenvalue weighted by atomic mass is 9.97. The van der Waals surface area contributed by atoms with E-state index in [1.807, 2.05) is 62.0 Å². The number of carbonyl (C=O) groups is 1. The summed E-state index contributed by atoms with van der Waals surface area (Å²) in [6, 6.07) is 7.74. The van der Waals surface area contributed by atoms with Crippen LogP contribution in [0.2, 0.25) is 0 Å². The van der Waals surface area contributed by atoms with Gasteiger partial charge in [0.25, 0.3) is 0 Å². The Morgan fingerprint density at radius 2 is 1.69 bits per heavy atom. The Morgan fingerprint density at radius 3 is 2.34 bits per heavy atom. The van der Waals surface area contributed by atoms with Crippen molar-refractivity contribution in [3.05, 3.63) is 42.2 Å². The second kappa shape index (κ2) is 11.9. The zero-order chi connectivity index (χ0) is 24.6. The van der Waals surface area contributed by atoms with Gasteiger partial charge >= 0.3 is 0 Å². The molecule has 1 aliphatic rings. The van der Waals surface area contributed by atoms with Crippen molar-refractivity contribution in [1.82, 2.24) is 20.1 Å². The zero-order valence-corrected chi connectivity index (χ0v) is 21.3. The van der Waals surface area contributed by atoms with E-state index in [9.17, 15) is 4.79 Å². The second-order valence-corrected chi connectivity index (χ2v) is 9.12. The van der Waals surface area contributed by atoms with E-state index < -0.39 is 0 Å². The third-order valence-electron chi connectivity index (χ3n) is 5.73.